The zero-order chi connectivity index (χ0) is 14.6. The van der Waals surface area contributed by atoms with E-state index >= 15 is 0 Å². The number of aromatic nitrogens is 1. The number of allylic oxidation sites excluding steroid dienone is 2. The maximum Gasteiger partial charge on any atom is 0.199 e. The monoisotopic (exact) mass is 274 g/mol. The molecule has 4 nitrogen and oxygen atoms in total. The lowest BCUT2D eigenvalue weighted by Gasteiger charge is -2.21. The van der Waals surface area contributed by atoms with Crippen molar-refractivity contribution in [3.05, 3.63) is 41.8 Å². The lowest BCUT2D eigenvalue weighted by atomic mass is 9.95. The van der Waals surface area contributed by atoms with Crippen LogP contribution in [0, 0.1) is 0 Å². The van der Waals surface area contributed by atoms with Gasteiger partial charge < -0.3 is 15.3 Å². The molecule has 1 atom stereocenters. The Hall–Kier alpha value is -1.65. The fourth-order valence-corrected chi connectivity index (χ4v) is 1.99. The molecule has 0 bridgehead atoms. The van der Waals surface area contributed by atoms with Crippen molar-refractivity contribution in [3.63, 3.8) is 0 Å². The summed E-state index contributed by atoms with van der Waals surface area (Å²) in [5, 5.41) is 9.17. The summed E-state index contributed by atoms with van der Waals surface area (Å²) in [7, 11) is 0. The van der Waals surface area contributed by atoms with Gasteiger partial charge in [-0.1, -0.05) is 18.2 Å². The molecule has 0 aliphatic carbocycles. The van der Waals surface area contributed by atoms with E-state index in [1.807, 2.05) is 44.2 Å². The summed E-state index contributed by atoms with van der Waals surface area (Å²) >= 11 is 0. The summed E-state index contributed by atoms with van der Waals surface area (Å²) in [5.74, 6) is 0.731. The van der Waals surface area contributed by atoms with Crippen LogP contribution >= 0.6 is 0 Å². The first-order chi connectivity index (χ1) is 9.54. The highest BCUT2D eigenvalue weighted by Gasteiger charge is 2.16. The third-order valence-electron chi connectivity index (χ3n) is 3.37. The zero-order valence-corrected chi connectivity index (χ0v) is 12.1. The number of rotatable bonds is 6. The highest BCUT2D eigenvalue weighted by atomic mass is 16.3. The summed E-state index contributed by atoms with van der Waals surface area (Å²) in [5.41, 5.74) is 8.26. The zero-order valence-electron chi connectivity index (χ0n) is 12.1. The Morgan fingerprint density at radius 3 is 2.95 bits per heavy atom. The number of nitrogens with two attached hydrogens (primary N) is 1. The lowest BCUT2D eigenvalue weighted by molar-refractivity contribution is 0.200. The van der Waals surface area contributed by atoms with E-state index in [1.54, 1.807) is 0 Å². The minimum Gasteiger partial charge on any atom is -0.440 e. The van der Waals surface area contributed by atoms with E-state index in [1.165, 1.54) is 0 Å². The molecule has 0 spiro atoms. The molecule has 0 aliphatic rings. The molecule has 0 saturated carbocycles. The Morgan fingerprint density at radius 1 is 1.45 bits per heavy atom. The summed E-state index contributed by atoms with van der Waals surface area (Å²) < 4.78 is 5.66. The number of oxazole rings is 1. The third-order valence-corrected chi connectivity index (χ3v) is 3.37. The fourth-order valence-electron chi connectivity index (χ4n) is 1.99. The van der Waals surface area contributed by atoms with E-state index < -0.39 is 5.54 Å². The number of benzene rings is 1. The van der Waals surface area contributed by atoms with E-state index in [0.29, 0.717) is 6.42 Å². The number of hydrogen-bond acceptors (Lipinski definition) is 4. The molecule has 0 radical (unpaired) electrons. The van der Waals surface area contributed by atoms with Crippen LogP contribution in [0.1, 0.15) is 31.7 Å². The largest absolute Gasteiger partial charge is 0.440 e. The molecule has 0 aliphatic heterocycles. The van der Waals surface area contributed by atoms with Gasteiger partial charge in [-0.2, -0.15) is 0 Å². The smallest absolute Gasteiger partial charge is 0.199 e. The first-order valence-corrected chi connectivity index (χ1v) is 6.93. The Labute approximate surface area is 119 Å². The summed E-state index contributed by atoms with van der Waals surface area (Å²) in [6.45, 7) is 3.83. The van der Waals surface area contributed by atoms with E-state index in [2.05, 4.69) is 4.98 Å². The summed E-state index contributed by atoms with van der Waals surface area (Å²) in [6.07, 6.45) is 6.27. The van der Waals surface area contributed by atoms with Gasteiger partial charge in [0.25, 0.3) is 0 Å². The average molecular weight is 274 g/mol. The first kappa shape index (κ1) is 14.8. The van der Waals surface area contributed by atoms with Crippen molar-refractivity contribution < 1.29 is 9.52 Å². The van der Waals surface area contributed by atoms with E-state index in [4.69, 9.17) is 10.2 Å². The van der Waals surface area contributed by atoms with Gasteiger partial charge in [0, 0.05) is 12.0 Å². The molecule has 2 aromatic rings. The number of nitrogens with zero attached hydrogens (tertiary/aromatic N) is 1. The van der Waals surface area contributed by atoms with Crippen LogP contribution in [0.4, 0.5) is 0 Å². The predicted octanol–water partition coefficient (Wildman–Crippen LogP) is 2.59. The molecule has 1 heterocycles. The third kappa shape index (κ3) is 3.68. The molecule has 0 unspecified atom stereocenters. The van der Waals surface area contributed by atoms with E-state index in [9.17, 15) is 5.11 Å². The SMILES string of the molecule is CC=CCc1nc2cc(CC[C@@](C)(N)CO)ccc2o1. The quantitative estimate of drug-likeness (QED) is 0.794. The molecular weight excluding hydrogens is 252 g/mol. The van der Waals surface area contributed by atoms with Crippen LogP contribution in [-0.2, 0) is 12.8 Å². The van der Waals surface area contributed by atoms with Crippen LogP contribution in [0.25, 0.3) is 11.1 Å². The highest BCUT2D eigenvalue weighted by molar-refractivity contribution is 5.73. The van der Waals surface area contributed by atoms with Gasteiger partial charge in [-0.25, -0.2) is 4.98 Å². The molecule has 0 amide bonds. The maximum atomic E-state index is 9.17. The Morgan fingerprint density at radius 2 is 2.25 bits per heavy atom. The minimum atomic E-state index is -0.532. The van der Waals surface area contributed by atoms with Crippen molar-refractivity contribution in [1.82, 2.24) is 4.98 Å². The highest BCUT2D eigenvalue weighted by Crippen LogP contribution is 2.20. The molecule has 108 valence electrons. The molecular formula is C16H22N2O2. The molecule has 1 aromatic heterocycles. The fraction of sp³-hybridized carbons (Fsp3) is 0.438. The van der Waals surface area contributed by atoms with Crippen molar-refractivity contribution in [1.29, 1.82) is 0 Å². The van der Waals surface area contributed by atoms with Crippen LogP contribution in [0.2, 0.25) is 0 Å². The maximum absolute atomic E-state index is 9.17. The van der Waals surface area contributed by atoms with Crippen LogP contribution in [0.3, 0.4) is 0 Å². The van der Waals surface area contributed by atoms with Crippen LogP contribution in [0.5, 0.6) is 0 Å². The van der Waals surface area contributed by atoms with Crippen molar-refractivity contribution in [2.45, 2.75) is 38.6 Å². The Balaban J connectivity index is 2.12. The standard InChI is InChI=1S/C16H22N2O2/c1-3-4-5-15-18-13-10-12(6-7-14(13)20-15)8-9-16(2,17)11-19/h3-4,6-7,10,19H,5,8-9,11,17H2,1-2H3/t16-/m1/s1. The summed E-state index contributed by atoms with van der Waals surface area (Å²) in [6, 6.07) is 6.01. The number of aryl methyl sites for hydroxylation is 1. The first-order valence-electron chi connectivity index (χ1n) is 6.93. The molecule has 20 heavy (non-hydrogen) atoms. The van der Waals surface area contributed by atoms with E-state index in [-0.39, 0.29) is 6.61 Å². The molecule has 4 heteroatoms. The molecule has 2 rings (SSSR count). The van der Waals surface area contributed by atoms with Crippen molar-refractivity contribution in [2.75, 3.05) is 6.61 Å². The number of aliphatic hydroxyl groups excluding tert-OH is 1. The van der Waals surface area contributed by atoms with Gasteiger partial charge in [0.05, 0.1) is 6.61 Å². The van der Waals surface area contributed by atoms with E-state index in [0.717, 1.165) is 35.4 Å². The predicted molar refractivity (Wildman–Crippen MR) is 80.5 cm³/mol. The molecule has 1 aromatic carbocycles. The second-order valence-electron chi connectivity index (χ2n) is 5.49. The van der Waals surface area contributed by atoms with Crippen LogP contribution in [-0.4, -0.2) is 22.2 Å². The molecule has 0 saturated heterocycles. The van der Waals surface area contributed by atoms with Gasteiger partial charge in [0.15, 0.2) is 11.5 Å². The number of aliphatic hydroxyl groups is 1. The average Bonchev–Trinajstić information content (AvgIpc) is 2.85. The number of fused-ring (bicyclic) bond motifs is 1. The van der Waals surface area contributed by atoms with Crippen LogP contribution in [0.15, 0.2) is 34.8 Å². The summed E-state index contributed by atoms with van der Waals surface area (Å²) in [4.78, 5) is 4.48. The second kappa shape index (κ2) is 6.20. The Kier molecular flexibility index (Phi) is 4.57. The Bertz CT molecular complexity index is 600. The molecule has 3 N–H and O–H groups in total. The topological polar surface area (TPSA) is 72.3 Å². The van der Waals surface area contributed by atoms with Gasteiger partial charge in [0.2, 0.25) is 0 Å². The normalized spacial score (nSPS) is 15.0. The van der Waals surface area contributed by atoms with Gasteiger partial charge in [0.1, 0.15) is 5.52 Å². The van der Waals surface area contributed by atoms with Gasteiger partial charge in [-0.15, -0.1) is 0 Å². The van der Waals surface area contributed by atoms with Crippen molar-refractivity contribution in [3.8, 4) is 0 Å². The van der Waals surface area contributed by atoms with Crippen molar-refractivity contribution >= 4 is 11.1 Å². The van der Waals surface area contributed by atoms with Gasteiger partial charge >= 0.3 is 0 Å². The second-order valence-corrected chi connectivity index (χ2v) is 5.49. The lowest BCUT2D eigenvalue weighted by Crippen LogP contribution is -2.40. The van der Waals surface area contributed by atoms with Crippen LogP contribution < -0.4 is 5.73 Å². The number of hydrogen-bond donors (Lipinski definition) is 2. The minimum absolute atomic E-state index is 0.00724. The van der Waals surface area contributed by atoms with Gasteiger partial charge in [-0.05, 0) is 44.4 Å². The molecule has 0 fully saturated rings. The van der Waals surface area contributed by atoms with Gasteiger partial charge in [-0.3, -0.25) is 0 Å². The van der Waals surface area contributed by atoms with Crippen molar-refractivity contribution in [2.24, 2.45) is 5.73 Å².